The van der Waals surface area contributed by atoms with Crippen molar-refractivity contribution in [3.05, 3.63) is 70.5 Å². The molecule has 0 unspecified atom stereocenters. The molecule has 0 fully saturated rings. The third kappa shape index (κ3) is 4.89. The molecule has 0 aliphatic heterocycles. The van der Waals surface area contributed by atoms with Gasteiger partial charge in [-0.1, -0.05) is 65.1 Å². The zero-order valence-corrected chi connectivity index (χ0v) is 16.1. The highest BCUT2D eigenvalue weighted by atomic mass is 32.2. The molecule has 1 heterocycles. The lowest BCUT2D eigenvalue weighted by molar-refractivity contribution is 0.101. The molecular formula is C19H18FN3OS2. The van der Waals surface area contributed by atoms with Crippen LogP contribution in [0.3, 0.4) is 0 Å². The monoisotopic (exact) mass is 387 g/mol. The van der Waals surface area contributed by atoms with E-state index in [4.69, 9.17) is 0 Å². The topological polar surface area (TPSA) is 54.9 Å². The van der Waals surface area contributed by atoms with Crippen molar-refractivity contribution in [3.8, 4) is 0 Å². The summed E-state index contributed by atoms with van der Waals surface area (Å²) < 4.78 is 14.4. The van der Waals surface area contributed by atoms with Crippen LogP contribution in [0, 0.1) is 19.7 Å². The summed E-state index contributed by atoms with van der Waals surface area (Å²) in [6.45, 7) is 3.79. The van der Waals surface area contributed by atoms with Gasteiger partial charge >= 0.3 is 0 Å². The number of hydrogen-bond acceptors (Lipinski definition) is 6. The molecular weight excluding hydrogens is 369 g/mol. The molecule has 0 aliphatic carbocycles. The standard InChI is InChI=1S/C19H18FN3OS2/c1-12-4-3-5-14(8-12)11-25-19-23-22-18(26-19)21-10-17(24)15-7-6-13(2)16(20)9-15/h3-9H,10-11H2,1-2H3,(H,21,22). The Morgan fingerprint density at radius 1 is 1.19 bits per heavy atom. The van der Waals surface area contributed by atoms with Crippen LogP contribution in [0.2, 0.25) is 0 Å². The highest BCUT2D eigenvalue weighted by molar-refractivity contribution is 8.00. The molecule has 0 saturated heterocycles. The van der Waals surface area contributed by atoms with E-state index < -0.39 is 0 Å². The number of nitrogens with zero attached hydrogens (tertiary/aromatic N) is 2. The molecule has 0 bridgehead atoms. The first kappa shape index (κ1) is 18.5. The lowest BCUT2D eigenvalue weighted by Crippen LogP contribution is -2.14. The Kier molecular flexibility index (Phi) is 6.00. The van der Waals surface area contributed by atoms with Crippen LogP contribution in [0.5, 0.6) is 0 Å². The summed E-state index contributed by atoms with van der Waals surface area (Å²) in [5.41, 5.74) is 3.33. The second-order valence-corrected chi connectivity index (χ2v) is 8.09. The minimum Gasteiger partial charge on any atom is -0.353 e. The number of aromatic nitrogens is 2. The maximum Gasteiger partial charge on any atom is 0.206 e. The lowest BCUT2D eigenvalue weighted by atomic mass is 10.1. The van der Waals surface area contributed by atoms with Gasteiger partial charge in [0, 0.05) is 11.3 Å². The van der Waals surface area contributed by atoms with Crippen molar-refractivity contribution in [2.75, 3.05) is 11.9 Å². The maximum absolute atomic E-state index is 13.6. The molecule has 4 nitrogen and oxygen atoms in total. The average molecular weight is 388 g/mol. The maximum atomic E-state index is 13.6. The number of benzene rings is 2. The Labute approximate surface area is 159 Å². The number of carbonyl (C=O) groups excluding carboxylic acids is 1. The van der Waals surface area contributed by atoms with Gasteiger partial charge in [-0.2, -0.15) is 0 Å². The molecule has 0 spiro atoms. The van der Waals surface area contributed by atoms with Crippen molar-refractivity contribution >= 4 is 34.0 Å². The largest absolute Gasteiger partial charge is 0.353 e. The molecule has 0 radical (unpaired) electrons. The minimum absolute atomic E-state index is 0.0552. The molecule has 3 aromatic rings. The number of halogens is 1. The highest BCUT2D eigenvalue weighted by Gasteiger charge is 2.10. The van der Waals surface area contributed by atoms with Gasteiger partial charge in [0.1, 0.15) is 5.82 Å². The summed E-state index contributed by atoms with van der Waals surface area (Å²) >= 11 is 3.01. The second-order valence-electron chi connectivity index (χ2n) is 5.89. The molecule has 0 saturated carbocycles. The molecule has 26 heavy (non-hydrogen) atoms. The Morgan fingerprint density at radius 2 is 2.04 bits per heavy atom. The number of thioether (sulfide) groups is 1. The zero-order chi connectivity index (χ0) is 18.5. The smallest absolute Gasteiger partial charge is 0.206 e. The molecule has 2 aromatic carbocycles. The van der Waals surface area contributed by atoms with Gasteiger partial charge in [-0.15, -0.1) is 10.2 Å². The molecule has 134 valence electrons. The van der Waals surface area contributed by atoms with Crippen molar-refractivity contribution in [3.63, 3.8) is 0 Å². The number of carbonyl (C=O) groups is 1. The number of aryl methyl sites for hydroxylation is 2. The van der Waals surface area contributed by atoms with Gasteiger partial charge in [-0.25, -0.2) is 4.39 Å². The fourth-order valence-electron chi connectivity index (χ4n) is 2.31. The first-order valence-corrected chi connectivity index (χ1v) is 9.86. The number of Topliss-reactive ketones (excluding diaryl/α,β-unsaturated/α-hetero) is 1. The van der Waals surface area contributed by atoms with Gasteiger partial charge in [-0.3, -0.25) is 4.79 Å². The van der Waals surface area contributed by atoms with E-state index in [-0.39, 0.29) is 18.1 Å². The van der Waals surface area contributed by atoms with Gasteiger partial charge in [0.15, 0.2) is 10.1 Å². The van der Waals surface area contributed by atoms with E-state index in [0.717, 1.165) is 10.1 Å². The summed E-state index contributed by atoms with van der Waals surface area (Å²) in [6.07, 6.45) is 0. The van der Waals surface area contributed by atoms with Crippen LogP contribution in [0.4, 0.5) is 9.52 Å². The predicted molar refractivity (Wildman–Crippen MR) is 105 cm³/mol. The Hall–Kier alpha value is -2.25. The quantitative estimate of drug-likeness (QED) is 0.462. The van der Waals surface area contributed by atoms with Crippen molar-refractivity contribution in [2.45, 2.75) is 23.9 Å². The average Bonchev–Trinajstić information content (AvgIpc) is 3.08. The molecule has 1 aromatic heterocycles. The van der Waals surface area contributed by atoms with E-state index in [1.807, 2.05) is 6.07 Å². The lowest BCUT2D eigenvalue weighted by Gasteiger charge is -2.03. The fourth-order valence-corrected chi connectivity index (χ4v) is 4.00. The number of anilines is 1. The third-order valence-electron chi connectivity index (χ3n) is 3.75. The number of ketones is 1. The van der Waals surface area contributed by atoms with E-state index in [9.17, 15) is 9.18 Å². The SMILES string of the molecule is Cc1cccc(CSc2nnc(NCC(=O)c3ccc(C)c(F)c3)s2)c1. The summed E-state index contributed by atoms with van der Waals surface area (Å²) in [5.74, 6) is 0.257. The summed E-state index contributed by atoms with van der Waals surface area (Å²) in [6, 6.07) is 12.8. The van der Waals surface area contributed by atoms with Crippen LogP contribution in [-0.4, -0.2) is 22.5 Å². The number of nitrogens with one attached hydrogen (secondary N) is 1. The summed E-state index contributed by atoms with van der Waals surface area (Å²) in [4.78, 5) is 12.2. The molecule has 0 aliphatic rings. The van der Waals surface area contributed by atoms with Crippen LogP contribution in [-0.2, 0) is 5.75 Å². The van der Waals surface area contributed by atoms with Crippen molar-refractivity contribution < 1.29 is 9.18 Å². The summed E-state index contributed by atoms with van der Waals surface area (Å²) in [7, 11) is 0. The van der Waals surface area contributed by atoms with Gasteiger partial charge in [0.2, 0.25) is 5.13 Å². The van der Waals surface area contributed by atoms with Crippen molar-refractivity contribution in [1.82, 2.24) is 10.2 Å². The molecule has 0 atom stereocenters. The summed E-state index contributed by atoms with van der Waals surface area (Å²) in [5, 5.41) is 11.7. The first-order chi connectivity index (χ1) is 12.5. The van der Waals surface area contributed by atoms with E-state index in [1.54, 1.807) is 30.8 Å². The van der Waals surface area contributed by atoms with Gasteiger partial charge in [-0.05, 0) is 31.0 Å². The van der Waals surface area contributed by atoms with Crippen LogP contribution in [0.15, 0.2) is 46.8 Å². The van der Waals surface area contributed by atoms with Crippen molar-refractivity contribution in [1.29, 1.82) is 0 Å². The Balaban J connectivity index is 1.53. The van der Waals surface area contributed by atoms with Gasteiger partial charge in [0.25, 0.3) is 0 Å². The van der Waals surface area contributed by atoms with E-state index in [2.05, 4.69) is 40.6 Å². The Bertz CT molecular complexity index is 927. The Morgan fingerprint density at radius 3 is 2.81 bits per heavy atom. The van der Waals surface area contributed by atoms with Crippen LogP contribution >= 0.6 is 23.1 Å². The van der Waals surface area contributed by atoms with Gasteiger partial charge < -0.3 is 5.32 Å². The first-order valence-electron chi connectivity index (χ1n) is 8.06. The minimum atomic E-state index is -0.374. The zero-order valence-electron chi connectivity index (χ0n) is 14.5. The third-order valence-corrected chi connectivity index (χ3v) is 5.83. The molecule has 7 heteroatoms. The van der Waals surface area contributed by atoms with Gasteiger partial charge in [0.05, 0.1) is 6.54 Å². The molecule has 1 N–H and O–H groups in total. The second kappa shape index (κ2) is 8.42. The van der Waals surface area contributed by atoms with Crippen LogP contribution in [0.1, 0.15) is 27.0 Å². The number of hydrogen-bond donors (Lipinski definition) is 1. The number of rotatable bonds is 7. The fraction of sp³-hybridized carbons (Fsp3) is 0.211. The highest BCUT2D eigenvalue weighted by Crippen LogP contribution is 2.28. The van der Waals surface area contributed by atoms with E-state index in [1.165, 1.54) is 28.5 Å². The van der Waals surface area contributed by atoms with E-state index >= 15 is 0 Å². The molecule has 0 amide bonds. The van der Waals surface area contributed by atoms with Crippen LogP contribution in [0.25, 0.3) is 0 Å². The van der Waals surface area contributed by atoms with E-state index in [0.29, 0.717) is 16.3 Å². The normalized spacial score (nSPS) is 10.7. The molecule has 3 rings (SSSR count). The van der Waals surface area contributed by atoms with Crippen molar-refractivity contribution in [2.24, 2.45) is 0 Å². The van der Waals surface area contributed by atoms with Crippen LogP contribution < -0.4 is 5.32 Å². The predicted octanol–water partition coefficient (Wildman–Crippen LogP) is 4.88.